The third-order valence-corrected chi connectivity index (χ3v) is 3.51. The molecule has 1 atom stereocenters. The molecular formula is C12H20N4OS. The molecule has 2 N–H and O–H groups in total. The zero-order chi connectivity index (χ0) is 13.7. The Hall–Kier alpha value is -1.30. The molecule has 100 valence electrons. The summed E-state index contributed by atoms with van der Waals surface area (Å²) < 4.78 is 0. The van der Waals surface area contributed by atoms with Gasteiger partial charge in [-0.3, -0.25) is 4.79 Å². The van der Waals surface area contributed by atoms with Gasteiger partial charge in [0.1, 0.15) is 5.82 Å². The number of amides is 1. The first-order chi connectivity index (χ1) is 8.47. The number of nitrogens with two attached hydrogens (primary N) is 1. The van der Waals surface area contributed by atoms with Crippen LogP contribution in [0.5, 0.6) is 0 Å². The molecule has 0 aliphatic heterocycles. The van der Waals surface area contributed by atoms with Crippen LogP contribution in [0.25, 0.3) is 0 Å². The van der Waals surface area contributed by atoms with E-state index >= 15 is 0 Å². The number of thioether (sulfide) groups is 1. The van der Waals surface area contributed by atoms with Gasteiger partial charge in [-0.25, -0.2) is 9.97 Å². The highest BCUT2D eigenvalue weighted by atomic mass is 32.2. The number of carbonyl (C=O) groups excluding carboxylic acids is 1. The molecule has 18 heavy (non-hydrogen) atoms. The topological polar surface area (TPSA) is 72.1 Å². The van der Waals surface area contributed by atoms with Crippen molar-refractivity contribution in [3.63, 3.8) is 0 Å². The highest BCUT2D eigenvalue weighted by molar-refractivity contribution is 8.00. The quantitative estimate of drug-likeness (QED) is 0.650. The standard InChI is InChI=1S/C12H20N4OS/c1-5-16(6-2)11(17)9(4)18-12-14-8(3)7-10(13)15-12/h7,9H,5-6H2,1-4H3,(H2,13,14,15). The van der Waals surface area contributed by atoms with Gasteiger partial charge in [0.2, 0.25) is 5.91 Å². The first-order valence-corrected chi connectivity index (χ1v) is 6.92. The van der Waals surface area contributed by atoms with E-state index in [0.717, 1.165) is 18.8 Å². The van der Waals surface area contributed by atoms with Crippen LogP contribution in [-0.2, 0) is 4.79 Å². The third-order valence-electron chi connectivity index (χ3n) is 2.56. The Balaban J connectivity index is 2.74. The predicted molar refractivity (Wildman–Crippen MR) is 74.4 cm³/mol. The van der Waals surface area contributed by atoms with Crippen LogP contribution in [0.4, 0.5) is 5.82 Å². The Labute approximate surface area is 112 Å². The number of carbonyl (C=O) groups is 1. The minimum atomic E-state index is -0.203. The second-order valence-electron chi connectivity index (χ2n) is 3.99. The number of aryl methyl sites for hydroxylation is 1. The van der Waals surface area contributed by atoms with E-state index in [1.165, 1.54) is 11.8 Å². The van der Waals surface area contributed by atoms with Crippen LogP contribution in [0.1, 0.15) is 26.5 Å². The van der Waals surface area contributed by atoms with Gasteiger partial charge < -0.3 is 10.6 Å². The first-order valence-electron chi connectivity index (χ1n) is 6.04. The van der Waals surface area contributed by atoms with Crippen molar-refractivity contribution in [2.45, 2.75) is 38.1 Å². The van der Waals surface area contributed by atoms with Gasteiger partial charge in [-0.15, -0.1) is 0 Å². The molecule has 0 aliphatic carbocycles. The molecule has 1 amide bonds. The lowest BCUT2D eigenvalue weighted by Crippen LogP contribution is -2.36. The molecule has 6 heteroatoms. The Kier molecular flexibility index (Phi) is 5.40. The van der Waals surface area contributed by atoms with Crippen molar-refractivity contribution < 1.29 is 4.79 Å². The third kappa shape index (κ3) is 3.87. The molecule has 0 aliphatic rings. The van der Waals surface area contributed by atoms with Gasteiger partial charge in [0.25, 0.3) is 0 Å². The van der Waals surface area contributed by atoms with Crippen LogP contribution in [0.15, 0.2) is 11.2 Å². The first kappa shape index (κ1) is 14.8. The van der Waals surface area contributed by atoms with Gasteiger partial charge in [-0.1, -0.05) is 11.8 Å². The summed E-state index contributed by atoms with van der Waals surface area (Å²) in [4.78, 5) is 22.3. The molecule has 0 spiro atoms. The van der Waals surface area contributed by atoms with Gasteiger partial charge >= 0.3 is 0 Å². The van der Waals surface area contributed by atoms with Crippen molar-refractivity contribution in [1.29, 1.82) is 0 Å². The van der Waals surface area contributed by atoms with Crippen LogP contribution >= 0.6 is 11.8 Å². The van der Waals surface area contributed by atoms with Gasteiger partial charge in [0.15, 0.2) is 5.16 Å². The van der Waals surface area contributed by atoms with Crippen LogP contribution in [0, 0.1) is 6.92 Å². The Morgan fingerprint density at radius 2 is 2.06 bits per heavy atom. The van der Waals surface area contributed by atoms with E-state index in [9.17, 15) is 4.79 Å². The lowest BCUT2D eigenvalue weighted by molar-refractivity contribution is -0.129. The maximum atomic E-state index is 12.1. The average Bonchev–Trinajstić information content (AvgIpc) is 2.28. The number of nitrogens with zero attached hydrogens (tertiary/aromatic N) is 3. The van der Waals surface area contributed by atoms with E-state index in [4.69, 9.17) is 5.73 Å². The lowest BCUT2D eigenvalue weighted by atomic mass is 10.4. The molecule has 1 heterocycles. The molecule has 1 aromatic heterocycles. The largest absolute Gasteiger partial charge is 0.384 e. The maximum Gasteiger partial charge on any atom is 0.235 e. The summed E-state index contributed by atoms with van der Waals surface area (Å²) in [7, 11) is 0. The summed E-state index contributed by atoms with van der Waals surface area (Å²) in [6.07, 6.45) is 0. The van der Waals surface area contributed by atoms with Crippen LogP contribution < -0.4 is 5.73 Å². The second-order valence-corrected chi connectivity index (χ2v) is 5.30. The number of hydrogen-bond acceptors (Lipinski definition) is 5. The summed E-state index contributed by atoms with van der Waals surface area (Å²) in [5.41, 5.74) is 6.48. The number of anilines is 1. The Morgan fingerprint density at radius 1 is 1.44 bits per heavy atom. The Bertz CT molecular complexity index is 400. The van der Waals surface area contributed by atoms with E-state index in [1.54, 1.807) is 11.0 Å². The van der Waals surface area contributed by atoms with Gasteiger partial charge in [0.05, 0.1) is 5.25 Å². The molecule has 0 radical (unpaired) electrons. The van der Waals surface area contributed by atoms with Crippen molar-refractivity contribution in [2.24, 2.45) is 0 Å². The zero-order valence-corrected chi connectivity index (χ0v) is 12.1. The highest BCUT2D eigenvalue weighted by Gasteiger charge is 2.20. The SMILES string of the molecule is CCN(CC)C(=O)C(C)Sc1nc(C)cc(N)n1. The molecule has 1 unspecified atom stereocenters. The average molecular weight is 268 g/mol. The number of aromatic nitrogens is 2. The van der Waals surface area contributed by atoms with Gasteiger partial charge in [-0.05, 0) is 27.7 Å². The molecule has 0 aromatic carbocycles. The summed E-state index contributed by atoms with van der Waals surface area (Å²) in [5, 5.41) is 0.353. The van der Waals surface area contributed by atoms with Crippen molar-refractivity contribution in [3.8, 4) is 0 Å². The highest BCUT2D eigenvalue weighted by Crippen LogP contribution is 2.22. The van der Waals surface area contributed by atoms with Crippen LogP contribution in [0.3, 0.4) is 0 Å². The normalized spacial score (nSPS) is 12.2. The molecule has 0 saturated heterocycles. The minimum absolute atomic E-state index is 0.105. The molecule has 1 rings (SSSR count). The molecule has 0 bridgehead atoms. The van der Waals surface area contributed by atoms with E-state index in [-0.39, 0.29) is 11.2 Å². The summed E-state index contributed by atoms with van der Waals surface area (Å²) in [5.74, 6) is 0.543. The minimum Gasteiger partial charge on any atom is -0.384 e. The van der Waals surface area contributed by atoms with Crippen LogP contribution in [0.2, 0.25) is 0 Å². The summed E-state index contributed by atoms with van der Waals surface area (Å²) in [6, 6.07) is 1.71. The van der Waals surface area contributed by atoms with E-state index < -0.39 is 0 Å². The lowest BCUT2D eigenvalue weighted by Gasteiger charge is -2.22. The van der Waals surface area contributed by atoms with Crippen LogP contribution in [-0.4, -0.2) is 39.1 Å². The molecule has 1 aromatic rings. The summed E-state index contributed by atoms with van der Waals surface area (Å²) >= 11 is 1.35. The van der Waals surface area contributed by atoms with Crippen molar-refractivity contribution >= 4 is 23.5 Å². The smallest absolute Gasteiger partial charge is 0.235 e. The molecule has 0 saturated carbocycles. The predicted octanol–water partition coefficient (Wildman–Crippen LogP) is 1.72. The van der Waals surface area contributed by atoms with E-state index in [0.29, 0.717) is 11.0 Å². The number of hydrogen-bond donors (Lipinski definition) is 1. The molecule has 0 fully saturated rings. The van der Waals surface area contributed by atoms with E-state index in [2.05, 4.69) is 9.97 Å². The zero-order valence-electron chi connectivity index (χ0n) is 11.3. The fourth-order valence-corrected chi connectivity index (χ4v) is 2.54. The fraction of sp³-hybridized carbons (Fsp3) is 0.583. The number of rotatable bonds is 5. The van der Waals surface area contributed by atoms with Crippen molar-refractivity contribution in [1.82, 2.24) is 14.9 Å². The molecule has 5 nitrogen and oxygen atoms in total. The van der Waals surface area contributed by atoms with E-state index in [1.807, 2.05) is 27.7 Å². The Morgan fingerprint density at radius 3 is 2.56 bits per heavy atom. The van der Waals surface area contributed by atoms with Gasteiger partial charge in [0, 0.05) is 24.8 Å². The fourth-order valence-electron chi connectivity index (χ4n) is 1.62. The summed E-state index contributed by atoms with van der Waals surface area (Å²) in [6.45, 7) is 9.11. The van der Waals surface area contributed by atoms with Crippen molar-refractivity contribution in [2.75, 3.05) is 18.8 Å². The monoisotopic (exact) mass is 268 g/mol. The number of nitrogen functional groups attached to an aromatic ring is 1. The van der Waals surface area contributed by atoms with Crippen molar-refractivity contribution in [3.05, 3.63) is 11.8 Å². The molecular weight excluding hydrogens is 248 g/mol. The second kappa shape index (κ2) is 6.58. The van der Waals surface area contributed by atoms with Gasteiger partial charge in [-0.2, -0.15) is 0 Å². The maximum absolute atomic E-state index is 12.1.